The van der Waals surface area contributed by atoms with Crippen molar-refractivity contribution in [1.29, 1.82) is 0 Å². The number of allylic oxidation sites excluding steroid dienone is 1. The molecule has 0 aromatic heterocycles. The second-order valence-electron chi connectivity index (χ2n) is 2.24. The van der Waals surface area contributed by atoms with Crippen LogP contribution in [0.1, 0.15) is 0 Å². The van der Waals surface area contributed by atoms with Crippen molar-refractivity contribution in [3.8, 4) is 0 Å². The van der Waals surface area contributed by atoms with Crippen LogP contribution >= 0.6 is 0 Å². The Bertz CT molecular complexity index is 253. The first-order valence-corrected chi connectivity index (χ1v) is 3.27. The molecule has 0 saturated heterocycles. The van der Waals surface area contributed by atoms with Crippen molar-refractivity contribution in [2.24, 2.45) is 0 Å². The lowest BCUT2D eigenvalue weighted by atomic mass is 10.3. The number of aliphatic hydroxyl groups is 3. The Hall–Kier alpha value is -1.33. The molecule has 5 heteroatoms. The number of hydrogen-bond donors (Lipinski definition) is 3. The van der Waals surface area contributed by atoms with E-state index in [0.29, 0.717) is 0 Å². The summed E-state index contributed by atoms with van der Waals surface area (Å²) in [6, 6.07) is 0. The molecule has 5 nitrogen and oxygen atoms in total. The van der Waals surface area contributed by atoms with E-state index in [4.69, 9.17) is 15.3 Å². The fraction of sp³-hybridized carbons (Fsp3) is 0.286. The molecule has 1 rings (SSSR count). The van der Waals surface area contributed by atoms with Crippen LogP contribution < -0.4 is 0 Å². The third kappa shape index (κ3) is 1.84. The SMILES string of the molecule is O=C1O/C(=C/[C@H](O)CO)C=C1O. The lowest BCUT2D eigenvalue weighted by Gasteiger charge is -1.99. The quantitative estimate of drug-likeness (QED) is 0.476. The highest BCUT2D eigenvalue weighted by atomic mass is 16.6. The lowest BCUT2D eigenvalue weighted by molar-refractivity contribution is -0.135. The fourth-order valence-electron chi connectivity index (χ4n) is 0.707. The first-order valence-electron chi connectivity index (χ1n) is 3.27. The molecule has 0 amide bonds. The fourth-order valence-corrected chi connectivity index (χ4v) is 0.707. The van der Waals surface area contributed by atoms with E-state index in [1.54, 1.807) is 0 Å². The summed E-state index contributed by atoms with van der Waals surface area (Å²) in [5.74, 6) is -1.32. The van der Waals surface area contributed by atoms with E-state index in [2.05, 4.69) is 4.74 Å². The number of cyclic esters (lactones) is 1. The van der Waals surface area contributed by atoms with Crippen LogP contribution in [0.15, 0.2) is 23.7 Å². The van der Waals surface area contributed by atoms with E-state index in [9.17, 15) is 4.79 Å². The average Bonchev–Trinajstić information content (AvgIpc) is 2.31. The molecule has 3 N–H and O–H groups in total. The van der Waals surface area contributed by atoms with Gasteiger partial charge in [0, 0.05) is 6.08 Å². The maximum Gasteiger partial charge on any atom is 0.378 e. The Balaban J connectivity index is 2.69. The zero-order chi connectivity index (χ0) is 9.14. The normalized spacial score (nSPS) is 22.3. The topological polar surface area (TPSA) is 87.0 Å². The van der Waals surface area contributed by atoms with Crippen molar-refractivity contribution in [2.45, 2.75) is 6.10 Å². The zero-order valence-electron chi connectivity index (χ0n) is 6.10. The molecule has 0 bridgehead atoms. The van der Waals surface area contributed by atoms with E-state index in [-0.39, 0.29) is 5.76 Å². The lowest BCUT2D eigenvalue weighted by Crippen LogP contribution is -2.09. The van der Waals surface area contributed by atoms with Gasteiger partial charge in [-0.1, -0.05) is 0 Å². The largest absolute Gasteiger partial charge is 0.502 e. The van der Waals surface area contributed by atoms with Crippen LogP contribution in [0.25, 0.3) is 0 Å². The summed E-state index contributed by atoms with van der Waals surface area (Å²) in [7, 11) is 0. The number of rotatable bonds is 2. The maximum atomic E-state index is 10.5. The standard InChI is InChI=1S/C7H8O5/c8-3-4(9)1-5-2-6(10)7(11)12-5/h1-2,4,8-10H,3H2/b5-1+/t4-/m0/s1. The highest BCUT2D eigenvalue weighted by molar-refractivity contribution is 5.90. The van der Waals surface area contributed by atoms with Gasteiger partial charge < -0.3 is 20.1 Å². The molecule has 0 unspecified atom stereocenters. The van der Waals surface area contributed by atoms with E-state index in [1.807, 2.05) is 0 Å². The molecular formula is C7H8O5. The van der Waals surface area contributed by atoms with Gasteiger partial charge in [-0.3, -0.25) is 0 Å². The molecule has 0 radical (unpaired) electrons. The van der Waals surface area contributed by atoms with Crippen molar-refractivity contribution in [1.82, 2.24) is 0 Å². The second kappa shape index (κ2) is 3.38. The van der Waals surface area contributed by atoms with Crippen LogP contribution in [0.4, 0.5) is 0 Å². The summed E-state index contributed by atoms with van der Waals surface area (Å²) in [6.45, 7) is -0.463. The van der Waals surface area contributed by atoms with Crippen molar-refractivity contribution in [3.63, 3.8) is 0 Å². The number of carbonyl (C=O) groups is 1. The minimum absolute atomic E-state index is 0.0408. The van der Waals surface area contributed by atoms with E-state index in [0.717, 1.165) is 12.2 Å². The Morgan fingerprint density at radius 1 is 1.67 bits per heavy atom. The van der Waals surface area contributed by atoms with Crippen LogP contribution in [-0.4, -0.2) is 34.0 Å². The first kappa shape index (κ1) is 8.76. The van der Waals surface area contributed by atoms with Crippen LogP contribution in [0.5, 0.6) is 0 Å². The number of ether oxygens (including phenoxy) is 1. The van der Waals surface area contributed by atoms with Crippen LogP contribution in [0.2, 0.25) is 0 Å². The molecule has 66 valence electrons. The number of hydrogen-bond acceptors (Lipinski definition) is 5. The molecule has 12 heavy (non-hydrogen) atoms. The third-order valence-corrected chi connectivity index (χ3v) is 1.24. The number of carbonyl (C=O) groups excluding carboxylic acids is 1. The van der Waals surface area contributed by atoms with Gasteiger partial charge >= 0.3 is 5.97 Å². The van der Waals surface area contributed by atoms with E-state index < -0.39 is 24.4 Å². The molecule has 0 aromatic carbocycles. The Labute approximate surface area is 68.2 Å². The predicted molar refractivity (Wildman–Crippen MR) is 38.0 cm³/mol. The van der Waals surface area contributed by atoms with Crippen LogP contribution in [0.3, 0.4) is 0 Å². The summed E-state index contributed by atoms with van der Waals surface area (Å²) < 4.78 is 4.45. The smallest absolute Gasteiger partial charge is 0.378 e. The van der Waals surface area contributed by atoms with Gasteiger partial charge in [-0.2, -0.15) is 0 Å². The Morgan fingerprint density at radius 3 is 2.75 bits per heavy atom. The number of aliphatic hydroxyl groups excluding tert-OH is 3. The second-order valence-corrected chi connectivity index (χ2v) is 2.24. The summed E-state index contributed by atoms with van der Waals surface area (Å²) >= 11 is 0. The monoisotopic (exact) mass is 172 g/mol. The van der Waals surface area contributed by atoms with Gasteiger partial charge in [-0.05, 0) is 6.08 Å². The molecule has 1 aliphatic rings. The van der Waals surface area contributed by atoms with Crippen molar-refractivity contribution in [3.05, 3.63) is 23.7 Å². The van der Waals surface area contributed by atoms with Crippen molar-refractivity contribution in [2.75, 3.05) is 6.61 Å². The van der Waals surface area contributed by atoms with Gasteiger partial charge in [-0.15, -0.1) is 0 Å². The molecule has 1 heterocycles. The minimum atomic E-state index is -1.09. The summed E-state index contributed by atoms with van der Waals surface area (Å²) in [5, 5.41) is 26.0. The minimum Gasteiger partial charge on any atom is -0.502 e. The third-order valence-electron chi connectivity index (χ3n) is 1.24. The van der Waals surface area contributed by atoms with Crippen LogP contribution in [0, 0.1) is 0 Å². The molecule has 1 atom stereocenters. The zero-order valence-corrected chi connectivity index (χ0v) is 6.10. The maximum absolute atomic E-state index is 10.5. The molecule has 0 fully saturated rings. The molecule has 0 spiro atoms. The van der Waals surface area contributed by atoms with Gasteiger partial charge in [0.1, 0.15) is 5.76 Å². The molecular weight excluding hydrogens is 164 g/mol. The highest BCUT2D eigenvalue weighted by Crippen LogP contribution is 2.14. The Kier molecular flexibility index (Phi) is 2.47. The predicted octanol–water partition coefficient (Wildman–Crippen LogP) is -0.778. The van der Waals surface area contributed by atoms with Gasteiger partial charge in [-0.25, -0.2) is 4.79 Å². The highest BCUT2D eigenvalue weighted by Gasteiger charge is 2.20. The molecule has 0 saturated carbocycles. The summed E-state index contributed by atoms with van der Waals surface area (Å²) in [6.07, 6.45) is 1.11. The van der Waals surface area contributed by atoms with E-state index >= 15 is 0 Å². The van der Waals surface area contributed by atoms with Gasteiger partial charge in [0.05, 0.1) is 12.7 Å². The molecule has 1 aliphatic heterocycles. The number of esters is 1. The molecule has 0 aromatic rings. The summed E-state index contributed by atoms with van der Waals surface area (Å²) in [5.41, 5.74) is 0. The first-order chi connectivity index (χ1) is 5.63. The summed E-state index contributed by atoms with van der Waals surface area (Å²) in [4.78, 5) is 10.5. The molecule has 0 aliphatic carbocycles. The van der Waals surface area contributed by atoms with Gasteiger partial charge in [0.15, 0.2) is 0 Å². The van der Waals surface area contributed by atoms with E-state index in [1.165, 1.54) is 0 Å². The van der Waals surface area contributed by atoms with Crippen LogP contribution in [-0.2, 0) is 9.53 Å². The van der Waals surface area contributed by atoms with Crippen molar-refractivity contribution < 1.29 is 24.9 Å². The van der Waals surface area contributed by atoms with Crippen molar-refractivity contribution >= 4 is 5.97 Å². The Morgan fingerprint density at radius 2 is 2.33 bits per heavy atom. The van der Waals surface area contributed by atoms with Gasteiger partial charge in [0.25, 0.3) is 0 Å². The van der Waals surface area contributed by atoms with Gasteiger partial charge in [0.2, 0.25) is 5.76 Å². The average molecular weight is 172 g/mol.